The fraction of sp³-hybridized carbons (Fsp3) is 0.0714. The minimum Gasteiger partial charge on any atom is -0.508 e. The van der Waals surface area contributed by atoms with Gasteiger partial charge in [0.2, 0.25) is 0 Å². The molecule has 2 N–H and O–H groups in total. The summed E-state index contributed by atoms with van der Waals surface area (Å²) in [5.74, 6) is 0.274. The molecule has 3 aromatic rings. The van der Waals surface area contributed by atoms with Crippen molar-refractivity contribution in [3.05, 3.63) is 58.8 Å². The number of tetrazole rings is 1. The van der Waals surface area contributed by atoms with E-state index in [4.69, 9.17) is 0 Å². The molecule has 0 fully saturated rings. The third kappa shape index (κ3) is 3.19. The average Bonchev–Trinajstić information content (AvgIpc) is 3.03. The lowest BCUT2D eigenvalue weighted by Gasteiger charge is -2.09. The number of phenols is 1. The van der Waals surface area contributed by atoms with E-state index in [1.54, 1.807) is 23.1 Å². The molecule has 3 rings (SSSR count). The molecule has 1 heterocycles. The van der Waals surface area contributed by atoms with Gasteiger partial charge in [-0.25, -0.2) is 4.68 Å². The normalized spacial score (nSPS) is 10.5. The van der Waals surface area contributed by atoms with Crippen LogP contribution in [0.2, 0.25) is 0 Å². The van der Waals surface area contributed by atoms with E-state index in [1.807, 2.05) is 30.3 Å². The molecule has 0 unspecified atom stereocenters. The molecule has 21 heavy (non-hydrogen) atoms. The smallest absolute Gasteiger partial charge is 0.143 e. The molecular weight excluding hydrogens is 334 g/mol. The highest BCUT2D eigenvalue weighted by Crippen LogP contribution is 2.23. The Morgan fingerprint density at radius 3 is 2.67 bits per heavy atom. The van der Waals surface area contributed by atoms with E-state index in [9.17, 15) is 5.11 Å². The number of benzene rings is 2. The second kappa shape index (κ2) is 5.92. The van der Waals surface area contributed by atoms with Crippen LogP contribution in [0.3, 0.4) is 0 Å². The van der Waals surface area contributed by atoms with Crippen LogP contribution in [-0.4, -0.2) is 25.3 Å². The van der Waals surface area contributed by atoms with Gasteiger partial charge in [0.05, 0.1) is 5.69 Å². The maximum absolute atomic E-state index is 9.80. The van der Waals surface area contributed by atoms with Crippen LogP contribution in [-0.2, 0) is 6.54 Å². The molecule has 0 spiro atoms. The minimum absolute atomic E-state index is 0.274. The molecule has 0 aliphatic carbocycles. The van der Waals surface area contributed by atoms with Gasteiger partial charge in [0.15, 0.2) is 0 Å². The molecule has 1 aromatic heterocycles. The van der Waals surface area contributed by atoms with Crippen molar-refractivity contribution in [2.24, 2.45) is 0 Å². The summed E-state index contributed by atoms with van der Waals surface area (Å²) < 4.78 is 2.52. The Labute approximate surface area is 129 Å². The van der Waals surface area contributed by atoms with Crippen LogP contribution in [0.4, 0.5) is 5.69 Å². The third-order valence-corrected chi connectivity index (χ3v) is 3.50. The monoisotopic (exact) mass is 345 g/mol. The summed E-state index contributed by atoms with van der Waals surface area (Å²) in [4.78, 5) is 0. The van der Waals surface area contributed by atoms with Crippen molar-refractivity contribution < 1.29 is 5.11 Å². The van der Waals surface area contributed by atoms with Gasteiger partial charge in [0.1, 0.15) is 12.1 Å². The number of rotatable bonds is 4. The maximum Gasteiger partial charge on any atom is 0.143 e. The Morgan fingerprint density at radius 1 is 1.14 bits per heavy atom. The van der Waals surface area contributed by atoms with Crippen LogP contribution < -0.4 is 5.32 Å². The average molecular weight is 346 g/mol. The van der Waals surface area contributed by atoms with Gasteiger partial charge < -0.3 is 10.4 Å². The van der Waals surface area contributed by atoms with Crippen molar-refractivity contribution in [1.82, 2.24) is 20.2 Å². The Kier molecular flexibility index (Phi) is 3.83. The summed E-state index contributed by atoms with van der Waals surface area (Å²) >= 11 is 3.39. The van der Waals surface area contributed by atoms with Gasteiger partial charge in [-0.1, -0.05) is 15.9 Å². The number of aromatic hydroxyl groups is 1. The van der Waals surface area contributed by atoms with Gasteiger partial charge in [0, 0.05) is 22.3 Å². The molecule has 2 aromatic carbocycles. The lowest BCUT2D eigenvalue weighted by Crippen LogP contribution is -2.00. The fourth-order valence-electron chi connectivity index (χ4n) is 1.90. The zero-order chi connectivity index (χ0) is 14.7. The molecule has 0 radical (unpaired) electrons. The quantitative estimate of drug-likeness (QED) is 0.760. The van der Waals surface area contributed by atoms with Crippen molar-refractivity contribution in [1.29, 1.82) is 0 Å². The van der Waals surface area contributed by atoms with Crippen molar-refractivity contribution >= 4 is 21.6 Å². The van der Waals surface area contributed by atoms with Crippen molar-refractivity contribution in [3.63, 3.8) is 0 Å². The zero-order valence-corrected chi connectivity index (χ0v) is 12.5. The van der Waals surface area contributed by atoms with Crippen LogP contribution >= 0.6 is 15.9 Å². The molecular formula is C14H12BrN5O. The Hall–Kier alpha value is -2.41. The van der Waals surface area contributed by atoms with Crippen molar-refractivity contribution in [3.8, 4) is 11.4 Å². The highest BCUT2D eigenvalue weighted by atomic mass is 79.9. The molecule has 106 valence electrons. The summed E-state index contributed by atoms with van der Waals surface area (Å²) in [6.07, 6.45) is 1.54. The number of aromatic nitrogens is 4. The highest BCUT2D eigenvalue weighted by Gasteiger charge is 2.03. The van der Waals surface area contributed by atoms with E-state index in [2.05, 4.69) is 36.8 Å². The maximum atomic E-state index is 9.80. The molecule has 0 aliphatic heterocycles. The predicted molar refractivity (Wildman–Crippen MR) is 82.3 cm³/mol. The van der Waals surface area contributed by atoms with Crippen LogP contribution in [0.1, 0.15) is 5.56 Å². The molecule has 0 atom stereocenters. The first-order chi connectivity index (χ1) is 10.2. The molecule has 7 heteroatoms. The third-order valence-electron chi connectivity index (χ3n) is 3.01. The van der Waals surface area contributed by atoms with Gasteiger partial charge in [-0.05, 0) is 52.9 Å². The van der Waals surface area contributed by atoms with Gasteiger partial charge in [-0.15, -0.1) is 5.10 Å². The van der Waals surface area contributed by atoms with E-state index in [-0.39, 0.29) is 5.75 Å². The molecule has 0 bridgehead atoms. The summed E-state index contributed by atoms with van der Waals surface area (Å²) in [6, 6.07) is 13.1. The topological polar surface area (TPSA) is 75.9 Å². The summed E-state index contributed by atoms with van der Waals surface area (Å²) in [5, 5.41) is 24.1. The van der Waals surface area contributed by atoms with E-state index in [0.29, 0.717) is 6.54 Å². The molecule has 0 aliphatic rings. The number of anilines is 1. The van der Waals surface area contributed by atoms with E-state index >= 15 is 0 Å². The largest absolute Gasteiger partial charge is 0.508 e. The highest BCUT2D eigenvalue weighted by molar-refractivity contribution is 9.10. The van der Waals surface area contributed by atoms with Crippen molar-refractivity contribution in [2.75, 3.05) is 5.32 Å². The Bertz CT molecular complexity index is 728. The number of nitrogens with zero attached hydrogens (tertiary/aromatic N) is 4. The first-order valence-corrected chi connectivity index (χ1v) is 7.06. The number of phenolic OH excluding ortho intramolecular Hbond substituents is 1. The van der Waals surface area contributed by atoms with Crippen LogP contribution in [0.25, 0.3) is 5.69 Å². The van der Waals surface area contributed by atoms with Crippen molar-refractivity contribution in [2.45, 2.75) is 6.54 Å². The second-order valence-corrected chi connectivity index (χ2v) is 5.34. The van der Waals surface area contributed by atoms with Gasteiger partial charge in [0.25, 0.3) is 0 Å². The van der Waals surface area contributed by atoms with Gasteiger partial charge in [-0.2, -0.15) is 0 Å². The first-order valence-electron chi connectivity index (χ1n) is 6.27. The Morgan fingerprint density at radius 2 is 1.95 bits per heavy atom. The summed E-state index contributed by atoms with van der Waals surface area (Å²) in [6.45, 7) is 0.537. The first kappa shape index (κ1) is 13.6. The summed E-state index contributed by atoms with van der Waals surface area (Å²) in [7, 11) is 0. The molecule has 0 amide bonds. The van der Waals surface area contributed by atoms with Crippen LogP contribution in [0.5, 0.6) is 5.75 Å². The number of halogens is 1. The van der Waals surface area contributed by atoms with Crippen LogP contribution in [0, 0.1) is 0 Å². The van der Waals surface area contributed by atoms with Crippen LogP contribution in [0.15, 0.2) is 53.3 Å². The van der Waals surface area contributed by atoms with E-state index in [1.165, 1.54) is 0 Å². The van der Waals surface area contributed by atoms with E-state index in [0.717, 1.165) is 21.4 Å². The number of hydrogen-bond donors (Lipinski definition) is 2. The molecule has 0 saturated heterocycles. The molecule has 6 nitrogen and oxygen atoms in total. The van der Waals surface area contributed by atoms with E-state index < -0.39 is 0 Å². The lowest BCUT2D eigenvalue weighted by atomic mass is 10.2. The molecule has 0 saturated carbocycles. The minimum atomic E-state index is 0.274. The zero-order valence-electron chi connectivity index (χ0n) is 10.9. The predicted octanol–water partition coefficient (Wildman–Crippen LogP) is 2.74. The Balaban J connectivity index is 1.70. The lowest BCUT2D eigenvalue weighted by molar-refractivity contribution is 0.469. The second-order valence-electron chi connectivity index (χ2n) is 4.43. The van der Waals surface area contributed by atoms with Gasteiger partial charge in [-0.3, -0.25) is 0 Å². The fourth-order valence-corrected chi connectivity index (χ4v) is 2.31. The number of nitrogens with one attached hydrogen (secondary N) is 1. The summed E-state index contributed by atoms with van der Waals surface area (Å²) in [5.41, 5.74) is 2.66. The number of hydrogen-bond acceptors (Lipinski definition) is 5. The van der Waals surface area contributed by atoms with Gasteiger partial charge >= 0.3 is 0 Å². The standard InChI is InChI=1S/C14H12BrN5O/c15-11-1-6-14(21)10(7-11)8-16-12-2-4-13(5-3-12)20-9-17-18-19-20/h1-7,9,16,21H,8H2. The SMILES string of the molecule is Oc1ccc(Br)cc1CNc1ccc(-n2cnnn2)cc1.